The third-order valence-electron chi connectivity index (χ3n) is 6.31. The molecule has 3 aliphatic heterocycles. The summed E-state index contributed by atoms with van der Waals surface area (Å²) in [7, 11) is 1.20. The predicted molar refractivity (Wildman–Crippen MR) is 106 cm³/mol. The Balaban J connectivity index is 1.79. The summed E-state index contributed by atoms with van der Waals surface area (Å²) < 4.78 is 31.8. The fourth-order valence-electron chi connectivity index (χ4n) is 4.22. The zero-order valence-corrected chi connectivity index (χ0v) is 18.7. The van der Waals surface area contributed by atoms with E-state index in [0.29, 0.717) is 0 Å². The highest BCUT2D eigenvalue weighted by atomic mass is 16.8. The van der Waals surface area contributed by atoms with Crippen molar-refractivity contribution in [3.63, 3.8) is 0 Å². The molecule has 0 unspecified atom stereocenters. The molecule has 206 valence electrons. The lowest BCUT2D eigenvalue weighted by atomic mass is 9.96. The van der Waals surface area contributed by atoms with Crippen molar-refractivity contribution in [2.45, 2.75) is 92.1 Å². The first kappa shape index (κ1) is 28.9. The molecule has 3 rings (SSSR count). The van der Waals surface area contributed by atoms with E-state index in [1.165, 1.54) is 7.11 Å². The predicted octanol–water partition coefficient (Wildman–Crippen LogP) is -6.92. The van der Waals surface area contributed by atoms with Gasteiger partial charge in [-0.1, -0.05) is 0 Å². The van der Waals surface area contributed by atoms with Crippen molar-refractivity contribution in [2.24, 2.45) is 0 Å². The molecule has 0 amide bonds. The molecular formula is C19H34O16. The van der Waals surface area contributed by atoms with Gasteiger partial charge in [0.25, 0.3) is 0 Å². The highest BCUT2D eigenvalue weighted by Gasteiger charge is 2.53. The second-order valence-electron chi connectivity index (χ2n) is 8.55. The van der Waals surface area contributed by atoms with E-state index >= 15 is 0 Å². The molecule has 3 fully saturated rings. The summed E-state index contributed by atoms with van der Waals surface area (Å²) in [5, 5.41) is 101. The van der Waals surface area contributed by atoms with Crippen LogP contribution in [0.2, 0.25) is 0 Å². The molecule has 3 heterocycles. The lowest BCUT2D eigenvalue weighted by molar-refractivity contribution is -0.380. The summed E-state index contributed by atoms with van der Waals surface area (Å²) in [5.41, 5.74) is 0. The minimum atomic E-state index is -1.88. The van der Waals surface area contributed by atoms with Crippen molar-refractivity contribution in [1.82, 2.24) is 0 Å². The van der Waals surface area contributed by atoms with Gasteiger partial charge in [-0.2, -0.15) is 0 Å². The molecule has 0 aromatic carbocycles. The molecule has 0 radical (unpaired) electrons. The van der Waals surface area contributed by atoms with E-state index in [1.807, 2.05) is 0 Å². The molecule has 10 N–H and O–H groups in total. The van der Waals surface area contributed by atoms with Gasteiger partial charge in [0.2, 0.25) is 0 Å². The smallest absolute Gasteiger partial charge is 0.187 e. The van der Waals surface area contributed by atoms with Gasteiger partial charge < -0.3 is 79.5 Å². The Morgan fingerprint density at radius 3 is 1.29 bits per heavy atom. The van der Waals surface area contributed by atoms with E-state index < -0.39 is 112 Å². The number of methoxy groups -OCH3 is 1. The van der Waals surface area contributed by atoms with Crippen LogP contribution < -0.4 is 0 Å². The average Bonchev–Trinajstić information content (AvgIpc) is 2.85. The molecule has 0 aliphatic carbocycles. The largest absolute Gasteiger partial charge is 0.394 e. The van der Waals surface area contributed by atoms with Crippen molar-refractivity contribution in [2.75, 3.05) is 26.9 Å². The molecule has 0 spiro atoms. The normalized spacial score (nSPS) is 51.3. The van der Waals surface area contributed by atoms with Crippen molar-refractivity contribution in [3.8, 4) is 0 Å². The third kappa shape index (κ3) is 5.78. The van der Waals surface area contributed by atoms with Crippen LogP contribution in [0.1, 0.15) is 0 Å². The van der Waals surface area contributed by atoms with Crippen LogP contribution in [0.3, 0.4) is 0 Å². The summed E-state index contributed by atoms with van der Waals surface area (Å²) in [4.78, 5) is 0. The lowest BCUT2D eigenvalue weighted by Gasteiger charge is -2.48. The maximum atomic E-state index is 10.8. The Kier molecular flexibility index (Phi) is 10.1. The zero-order valence-electron chi connectivity index (χ0n) is 18.7. The molecule has 3 saturated heterocycles. The molecule has 16 heteroatoms. The van der Waals surface area contributed by atoms with Crippen molar-refractivity contribution < 1.29 is 79.5 Å². The van der Waals surface area contributed by atoms with Gasteiger partial charge >= 0.3 is 0 Å². The fraction of sp³-hybridized carbons (Fsp3) is 1.00. The van der Waals surface area contributed by atoms with Gasteiger partial charge in [-0.25, -0.2) is 0 Å². The van der Waals surface area contributed by atoms with Crippen molar-refractivity contribution in [1.29, 1.82) is 0 Å². The minimum Gasteiger partial charge on any atom is -0.394 e. The number of aliphatic hydroxyl groups excluding tert-OH is 10. The van der Waals surface area contributed by atoms with Gasteiger partial charge in [0.05, 0.1) is 19.8 Å². The number of ether oxygens (including phenoxy) is 6. The SMILES string of the molecule is CO[C@@H]1O[C@H](CO)[C@H](O)[C@H](O[C@@H]2O[C@H](CO)[C@H](O)[C@H](O[C@@H]3O[C@H](CO)[C@H](O)[C@H](O)[C@H]3O)[C@H]2O)[C@H]1O. The molecule has 15 atom stereocenters. The Labute approximate surface area is 199 Å². The van der Waals surface area contributed by atoms with Crippen LogP contribution >= 0.6 is 0 Å². The Bertz CT molecular complexity index is 638. The summed E-state index contributed by atoms with van der Waals surface area (Å²) in [6.45, 7) is -2.20. The maximum absolute atomic E-state index is 10.8. The van der Waals surface area contributed by atoms with E-state index in [9.17, 15) is 51.1 Å². The van der Waals surface area contributed by atoms with E-state index in [4.69, 9.17) is 28.4 Å². The fourth-order valence-corrected chi connectivity index (χ4v) is 4.22. The number of rotatable bonds is 8. The standard InChI is InChI=1S/C19H34O16/c1-30-17-13(28)15(9(24)6(3-21)31-17)35-19-14(29)16(10(25)7(4-22)33-19)34-18-12(27)11(26)8(23)5(2-20)32-18/h5-29H,2-4H2,1H3/t5-,6-,7-,8+,9+,10+,11+,12-,13-,14-,15+,16+,17-,18+,19+/m1/s1. The van der Waals surface area contributed by atoms with Crippen LogP contribution in [0.25, 0.3) is 0 Å². The Morgan fingerprint density at radius 1 is 0.486 bits per heavy atom. The van der Waals surface area contributed by atoms with E-state index in [-0.39, 0.29) is 0 Å². The number of hydrogen-bond acceptors (Lipinski definition) is 16. The van der Waals surface area contributed by atoms with Gasteiger partial charge in [-0.15, -0.1) is 0 Å². The highest BCUT2D eigenvalue weighted by Crippen LogP contribution is 2.32. The van der Waals surface area contributed by atoms with Gasteiger partial charge in [0.1, 0.15) is 73.2 Å². The zero-order chi connectivity index (χ0) is 26.0. The Morgan fingerprint density at radius 2 is 0.857 bits per heavy atom. The summed E-state index contributed by atoms with van der Waals surface area (Å²) in [6, 6.07) is 0. The van der Waals surface area contributed by atoms with Crippen LogP contribution in [-0.2, 0) is 28.4 Å². The van der Waals surface area contributed by atoms with Crippen LogP contribution in [0.4, 0.5) is 0 Å². The molecule has 35 heavy (non-hydrogen) atoms. The monoisotopic (exact) mass is 518 g/mol. The van der Waals surface area contributed by atoms with Crippen molar-refractivity contribution in [3.05, 3.63) is 0 Å². The first-order valence-corrected chi connectivity index (χ1v) is 11.0. The van der Waals surface area contributed by atoms with Gasteiger partial charge in [-0.05, 0) is 0 Å². The minimum absolute atomic E-state index is 0.664. The summed E-state index contributed by atoms with van der Waals surface area (Å²) in [5.74, 6) is 0. The summed E-state index contributed by atoms with van der Waals surface area (Å²) in [6.07, 6.45) is -24.1. The molecule has 0 aromatic rings. The summed E-state index contributed by atoms with van der Waals surface area (Å²) >= 11 is 0. The van der Waals surface area contributed by atoms with E-state index in [1.54, 1.807) is 0 Å². The first-order chi connectivity index (χ1) is 16.6. The van der Waals surface area contributed by atoms with E-state index in [2.05, 4.69) is 0 Å². The molecule has 0 bridgehead atoms. The number of hydrogen-bond donors (Lipinski definition) is 10. The molecular weight excluding hydrogens is 484 g/mol. The van der Waals surface area contributed by atoms with Crippen molar-refractivity contribution >= 4 is 0 Å². The quantitative estimate of drug-likeness (QED) is 0.143. The maximum Gasteiger partial charge on any atom is 0.187 e. The highest BCUT2D eigenvalue weighted by molar-refractivity contribution is 4.96. The second-order valence-corrected chi connectivity index (χ2v) is 8.55. The van der Waals surface area contributed by atoms with Crippen LogP contribution in [0, 0.1) is 0 Å². The van der Waals surface area contributed by atoms with Gasteiger partial charge in [0, 0.05) is 7.11 Å². The van der Waals surface area contributed by atoms with Crippen LogP contribution in [0.5, 0.6) is 0 Å². The van der Waals surface area contributed by atoms with Gasteiger partial charge in [-0.3, -0.25) is 0 Å². The molecule has 0 saturated carbocycles. The first-order valence-electron chi connectivity index (χ1n) is 11.0. The van der Waals surface area contributed by atoms with Crippen LogP contribution in [-0.4, -0.2) is 170 Å². The molecule has 16 nitrogen and oxygen atoms in total. The van der Waals surface area contributed by atoms with Crippen LogP contribution in [0.15, 0.2) is 0 Å². The average molecular weight is 518 g/mol. The molecule has 3 aliphatic rings. The topological polar surface area (TPSA) is 258 Å². The molecule has 0 aromatic heterocycles. The number of aliphatic hydroxyl groups is 10. The van der Waals surface area contributed by atoms with Gasteiger partial charge in [0.15, 0.2) is 18.9 Å². The third-order valence-corrected chi connectivity index (χ3v) is 6.31. The lowest BCUT2D eigenvalue weighted by Crippen LogP contribution is -2.66. The Hall–Kier alpha value is -0.640. The second kappa shape index (κ2) is 12.3. The van der Waals surface area contributed by atoms with E-state index in [0.717, 1.165) is 0 Å².